The molecular formula is C23H20ClN3O2S2. The molecule has 0 radical (unpaired) electrons. The zero-order valence-electron chi connectivity index (χ0n) is 17.2. The molecule has 0 fully saturated rings. The smallest absolute Gasteiger partial charge is 0.263 e. The number of nitrogens with zero attached hydrogens (tertiary/aromatic N) is 2. The normalized spacial score (nSPS) is 11.1. The van der Waals surface area contributed by atoms with Gasteiger partial charge in [0.2, 0.25) is 5.91 Å². The molecule has 0 aliphatic carbocycles. The summed E-state index contributed by atoms with van der Waals surface area (Å²) in [7, 11) is 1.69. The average Bonchev–Trinajstić information content (AvgIpc) is 3.17. The first-order valence-electron chi connectivity index (χ1n) is 9.58. The van der Waals surface area contributed by atoms with E-state index in [4.69, 9.17) is 11.6 Å². The number of rotatable bonds is 5. The number of nitrogens with one attached hydrogen (secondary N) is 1. The highest BCUT2D eigenvalue weighted by Gasteiger charge is 2.17. The van der Waals surface area contributed by atoms with Crippen molar-refractivity contribution in [2.24, 2.45) is 7.05 Å². The van der Waals surface area contributed by atoms with Crippen molar-refractivity contribution in [2.45, 2.75) is 19.0 Å². The summed E-state index contributed by atoms with van der Waals surface area (Å²) in [5.74, 6) is -0.0960. The van der Waals surface area contributed by atoms with Crippen LogP contribution in [0.15, 0.2) is 57.8 Å². The molecule has 0 spiro atoms. The van der Waals surface area contributed by atoms with Gasteiger partial charge in [-0.05, 0) is 42.7 Å². The maximum Gasteiger partial charge on any atom is 0.263 e. The second-order valence-corrected chi connectivity index (χ2v) is 9.41. The van der Waals surface area contributed by atoms with Gasteiger partial charge in [0.15, 0.2) is 5.16 Å². The number of halogens is 1. The largest absolute Gasteiger partial charge is 0.324 e. The minimum absolute atomic E-state index is 0.117. The molecule has 1 N–H and O–H groups in total. The molecule has 2 aromatic heterocycles. The molecule has 2 heterocycles. The summed E-state index contributed by atoms with van der Waals surface area (Å²) in [5.41, 5.74) is 4.73. The number of hydrogen-bond donors (Lipinski definition) is 1. The Labute approximate surface area is 193 Å². The van der Waals surface area contributed by atoms with E-state index in [9.17, 15) is 9.59 Å². The van der Waals surface area contributed by atoms with Crippen LogP contribution in [-0.4, -0.2) is 21.2 Å². The number of hydrogen-bond acceptors (Lipinski definition) is 5. The lowest BCUT2D eigenvalue weighted by Crippen LogP contribution is -2.21. The number of thioether (sulfide) groups is 1. The van der Waals surface area contributed by atoms with E-state index in [-0.39, 0.29) is 17.2 Å². The minimum atomic E-state index is -0.213. The molecule has 2 aromatic carbocycles. The van der Waals surface area contributed by atoms with Gasteiger partial charge in [-0.1, -0.05) is 53.7 Å². The Morgan fingerprint density at radius 1 is 1.19 bits per heavy atom. The number of fused-ring (bicyclic) bond motifs is 1. The van der Waals surface area contributed by atoms with Crippen LogP contribution in [0.3, 0.4) is 0 Å². The van der Waals surface area contributed by atoms with Crippen LogP contribution >= 0.6 is 34.7 Å². The molecule has 0 bridgehead atoms. The van der Waals surface area contributed by atoms with Gasteiger partial charge in [0.25, 0.3) is 5.56 Å². The summed E-state index contributed by atoms with van der Waals surface area (Å²) in [6.07, 6.45) is 0. The molecular weight excluding hydrogens is 450 g/mol. The molecule has 8 heteroatoms. The third kappa shape index (κ3) is 4.39. The lowest BCUT2D eigenvalue weighted by atomic mass is 10.0. The zero-order valence-corrected chi connectivity index (χ0v) is 19.6. The fourth-order valence-electron chi connectivity index (χ4n) is 3.18. The standard InChI is InChI=1S/C23H20ClN3O2S2/c1-13-8-9-15(10-14(13)2)16-11-30-21-20(16)22(29)27(3)23(26-21)31-12-19(28)25-18-7-5-4-6-17(18)24/h4-11H,12H2,1-3H3,(H,25,28). The summed E-state index contributed by atoms with van der Waals surface area (Å²) < 4.78 is 1.51. The Kier molecular flexibility index (Phi) is 6.18. The molecule has 1 amide bonds. The molecule has 158 valence electrons. The van der Waals surface area contributed by atoms with Gasteiger partial charge >= 0.3 is 0 Å². The van der Waals surface area contributed by atoms with E-state index >= 15 is 0 Å². The molecule has 0 atom stereocenters. The summed E-state index contributed by atoms with van der Waals surface area (Å²) in [6, 6.07) is 13.3. The van der Waals surface area contributed by atoms with Crippen molar-refractivity contribution in [1.29, 1.82) is 0 Å². The number of carbonyl (C=O) groups is 1. The second kappa shape index (κ2) is 8.86. The van der Waals surface area contributed by atoms with Gasteiger partial charge < -0.3 is 5.32 Å². The number of benzene rings is 2. The number of aryl methyl sites for hydroxylation is 2. The molecule has 0 aliphatic rings. The minimum Gasteiger partial charge on any atom is -0.324 e. The Bertz CT molecular complexity index is 1360. The van der Waals surface area contributed by atoms with E-state index in [2.05, 4.69) is 36.3 Å². The van der Waals surface area contributed by atoms with Crippen molar-refractivity contribution in [3.63, 3.8) is 0 Å². The summed E-state index contributed by atoms with van der Waals surface area (Å²) in [5, 5.41) is 6.35. The summed E-state index contributed by atoms with van der Waals surface area (Å²) in [6.45, 7) is 4.13. The fraction of sp³-hybridized carbons (Fsp3) is 0.174. The van der Waals surface area contributed by atoms with Crippen molar-refractivity contribution in [3.8, 4) is 11.1 Å². The topological polar surface area (TPSA) is 64.0 Å². The maximum atomic E-state index is 13.1. The van der Waals surface area contributed by atoms with E-state index in [1.165, 1.54) is 38.8 Å². The third-order valence-electron chi connectivity index (χ3n) is 5.07. The highest BCUT2D eigenvalue weighted by molar-refractivity contribution is 7.99. The maximum absolute atomic E-state index is 13.1. The van der Waals surface area contributed by atoms with Gasteiger partial charge in [-0.15, -0.1) is 11.3 Å². The number of aromatic nitrogens is 2. The Balaban J connectivity index is 1.60. The predicted molar refractivity (Wildman–Crippen MR) is 131 cm³/mol. The van der Waals surface area contributed by atoms with Crippen LogP contribution in [-0.2, 0) is 11.8 Å². The number of anilines is 1. The zero-order chi connectivity index (χ0) is 22.1. The van der Waals surface area contributed by atoms with Crippen molar-refractivity contribution in [1.82, 2.24) is 9.55 Å². The van der Waals surface area contributed by atoms with E-state index in [0.29, 0.717) is 26.1 Å². The fourth-order valence-corrected chi connectivity index (χ4v) is 5.13. The number of carbonyl (C=O) groups excluding carboxylic acids is 1. The SMILES string of the molecule is Cc1ccc(-c2csc3nc(SCC(=O)Nc4ccccc4Cl)n(C)c(=O)c23)cc1C. The van der Waals surface area contributed by atoms with Crippen LogP contribution in [0, 0.1) is 13.8 Å². The van der Waals surface area contributed by atoms with E-state index in [0.717, 1.165) is 11.1 Å². The third-order valence-corrected chi connectivity index (χ3v) is 7.30. The molecule has 0 saturated carbocycles. The Morgan fingerprint density at radius 3 is 2.71 bits per heavy atom. The highest BCUT2D eigenvalue weighted by Crippen LogP contribution is 2.33. The molecule has 0 aliphatic heterocycles. The summed E-state index contributed by atoms with van der Waals surface area (Å²) in [4.78, 5) is 30.8. The molecule has 5 nitrogen and oxygen atoms in total. The van der Waals surface area contributed by atoms with Gasteiger partial charge in [-0.2, -0.15) is 0 Å². The second-order valence-electron chi connectivity index (χ2n) is 7.20. The van der Waals surface area contributed by atoms with Crippen LogP contribution in [0.5, 0.6) is 0 Å². The van der Waals surface area contributed by atoms with Crippen LogP contribution in [0.4, 0.5) is 5.69 Å². The van der Waals surface area contributed by atoms with Gasteiger partial charge in [0.05, 0.1) is 21.8 Å². The average molecular weight is 470 g/mol. The first kappa shape index (κ1) is 21.6. The Hall–Kier alpha value is -2.61. The van der Waals surface area contributed by atoms with Crippen LogP contribution in [0.1, 0.15) is 11.1 Å². The molecule has 31 heavy (non-hydrogen) atoms. The highest BCUT2D eigenvalue weighted by atomic mass is 35.5. The van der Waals surface area contributed by atoms with E-state index in [1.54, 1.807) is 31.3 Å². The predicted octanol–water partition coefficient (Wildman–Crippen LogP) is 5.66. The quantitative estimate of drug-likeness (QED) is 0.302. The molecule has 4 aromatic rings. The molecule has 0 saturated heterocycles. The van der Waals surface area contributed by atoms with Crippen LogP contribution in [0.25, 0.3) is 21.3 Å². The summed E-state index contributed by atoms with van der Waals surface area (Å²) >= 11 is 8.75. The van der Waals surface area contributed by atoms with Crippen molar-refractivity contribution >= 4 is 56.5 Å². The van der Waals surface area contributed by atoms with E-state index in [1.807, 2.05) is 11.4 Å². The number of thiophene rings is 1. The lowest BCUT2D eigenvalue weighted by Gasteiger charge is -2.09. The molecule has 0 unspecified atom stereocenters. The monoisotopic (exact) mass is 469 g/mol. The number of amides is 1. The molecule has 4 rings (SSSR count). The first-order chi connectivity index (χ1) is 14.8. The van der Waals surface area contributed by atoms with Gasteiger partial charge in [0.1, 0.15) is 4.83 Å². The van der Waals surface area contributed by atoms with Crippen molar-refractivity contribution < 1.29 is 4.79 Å². The first-order valence-corrected chi connectivity index (χ1v) is 11.8. The van der Waals surface area contributed by atoms with Gasteiger partial charge in [-0.25, -0.2) is 4.98 Å². The van der Waals surface area contributed by atoms with Crippen molar-refractivity contribution in [3.05, 3.63) is 74.3 Å². The lowest BCUT2D eigenvalue weighted by molar-refractivity contribution is -0.113. The van der Waals surface area contributed by atoms with Gasteiger partial charge in [0, 0.05) is 18.0 Å². The van der Waals surface area contributed by atoms with Crippen LogP contribution in [0.2, 0.25) is 5.02 Å². The van der Waals surface area contributed by atoms with Crippen LogP contribution < -0.4 is 10.9 Å². The van der Waals surface area contributed by atoms with Crippen molar-refractivity contribution in [2.75, 3.05) is 11.1 Å². The Morgan fingerprint density at radius 2 is 1.97 bits per heavy atom. The van der Waals surface area contributed by atoms with E-state index < -0.39 is 0 Å². The number of para-hydroxylation sites is 1. The van der Waals surface area contributed by atoms with Gasteiger partial charge in [-0.3, -0.25) is 14.2 Å².